The molecule has 16 heavy (non-hydrogen) atoms. The van der Waals surface area contributed by atoms with E-state index < -0.39 is 5.56 Å². The molecule has 2 aromatic rings. The van der Waals surface area contributed by atoms with Crippen molar-refractivity contribution in [2.24, 2.45) is 7.05 Å². The zero-order valence-corrected chi connectivity index (χ0v) is 9.32. The maximum absolute atomic E-state index is 11.2. The summed E-state index contributed by atoms with van der Waals surface area (Å²) < 4.78 is 1.74. The molecule has 0 amide bonds. The van der Waals surface area contributed by atoms with Gasteiger partial charge in [-0.15, -0.1) is 0 Å². The summed E-state index contributed by atoms with van der Waals surface area (Å²) in [6.45, 7) is 0.529. The molecule has 0 spiro atoms. The summed E-state index contributed by atoms with van der Waals surface area (Å²) in [6.07, 6.45) is 3.18. The molecular formula is C9H10ClN5O. The Balaban J connectivity index is 2.14. The molecule has 0 aromatic carbocycles. The first-order valence-corrected chi connectivity index (χ1v) is 5.00. The van der Waals surface area contributed by atoms with Crippen LogP contribution in [0.4, 0.5) is 5.69 Å². The average molecular weight is 240 g/mol. The van der Waals surface area contributed by atoms with E-state index in [1.807, 2.05) is 13.1 Å². The zero-order chi connectivity index (χ0) is 11.5. The second-order valence-corrected chi connectivity index (χ2v) is 3.60. The molecule has 0 atom stereocenters. The Hall–Kier alpha value is -1.82. The van der Waals surface area contributed by atoms with Crippen LogP contribution in [0.3, 0.4) is 0 Å². The van der Waals surface area contributed by atoms with Gasteiger partial charge >= 0.3 is 0 Å². The summed E-state index contributed by atoms with van der Waals surface area (Å²) in [5, 5.41) is 13.1. The van der Waals surface area contributed by atoms with Gasteiger partial charge in [0.15, 0.2) is 0 Å². The van der Waals surface area contributed by atoms with Gasteiger partial charge in [0, 0.05) is 13.2 Å². The minimum absolute atomic E-state index is 0.108. The van der Waals surface area contributed by atoms with Crippen LogP contribution in [0, 0.1) is 0 Å². The van der Waals surface area contributed by atoms with E-state index >= 15 is 0 Å². The van der Waals surface area contributed by atoms with Gasteiger partial charge in [0.2, 0.25) is 0 Å². The number of hydrogen-bond acceptors (Lipinski definition) is 4. The van der Waals surface area contributed by atoms with Gasteiger partial charge in [-0.2, -0.15) is 10.2 Å². The zero-order valence-electron chi connectivity index (χ0n) is 8.57. The van der Waals surface area contributed by atoms with Gasteiger partial charge < -0.3 is 5.32 Å². The summed E-state index contributed by atoms with van der Waals surface area (Å²) in [5.74, 6) is 0. The number of hydrogen-bond donors (Lipinski definition) is 2. The van der Waals surface area contributed by atoms with Gasteiger partial charge in [0.25, 0.3) is 5.56 Å². The Kier molecular flexibility index (Phi) is 2.91. The van der Waals surface area contributed by atoms with Crippen molar-refractivity contribution >= 4 is 17.3 Å². The number of anilines is 1. The van der Waals surface area contributed by atoms with E-state index in [1.165, 1.54) is 6.20 Å². The quantitative estimate of drug-likeness (QED) is 0.830. The number of aryl methyl sites for hydroxylation is 1. The van der Waals surface area contributed by atoms with Gasteiger partial charge in [-0.25, -0.2) is 5.10 Å². The van der Waals surface area contributed by atoms with Crippen molar-refractivity contribution < 1.29 is 0 Å². The largest absolute Gasteiger partial charge is 0.377 e. The second-order valence-electron chi connectivity index (χ2n) is 3.23. The number of halogens is 1. The molecule has 84 valence electrons. The Labute approximate surface area is 96.2 Å². The maximum Gasteiger partial charge on any atom is 0.285 e. The van der Waals surface area contributed by atoms with Crippen LogP contribution >= 0.6 is 11.6 Å². The maximum atomic E-state index is 11.2. The fourth-order valence-electron chi connectivity index (χ4n) is 1.27. The highest BCUT2D eigenvalue weighted by atomic mass is 35.5. The number of H-pyrrole nitrogens is 1. The number of nitrogens with one attached hydrogen (secondary N) is 2. The average Bonchev–Trinajstić information content (AvgIpc) is 2.67. The molecule has 0 aliphatic heterocycles. The van der Waals surface area contributed by atoms with E-state index in [1.54, 1.807) is 10.9 Å². The molecular weight excluding hydrogens is 230 g/mol. The Bertz CT molecular complexity index is 547. The van der Waals surface area contributed by atoms with E-state index in [4.69, 9.17) is 11.6 Å². The lowest BCUT2D eigenvalue weighted by Crippen LogP contribution is -2.12. The summed E-state index contributed by atoms with van der Waals surface area (Å²) in [6, 6.07) is 1.88. The highest BCUT2D eigenvalue weighted by molar-refractivity contribution is 6.32. The van der Waals surface area contributed by atoms with Gasteiger partial charge in [0.05, 0.1) is 24.1 Å². The molecule has 2 rings (SSSR count). The van der Waals surface area contributed by atoms with Crippen LogP contribution < -0.4 is 10.9 Å². The van der Waals surface area contributed by atoms with E-state index in [0.717, 1.165) is 5.69 Å². The normalized spacial score (nSPS) is 10.4. The van der Waals surface area contributed by atoms with Crippen molar-refractivity contribution in [3.63, 3.8) is 0 Å². The molecule has 0 fully saturated rings. The highest BCUT2D eigenvalue weighted by Crippen LogP contribution is 2.15. The molecule has 2 heterocycles. The lowest BCUT2D eigenvalue weighted by molar-refractivity contribution is 0.720. The topological polar surface area (TPSA) is 75.6 Å². The first-order chi connectivity index (χ1) is 7.68. The van der Waals surface area contributed by atoms with Crippen molar-refractivity contribution in [3.05, 3.63) is 39.5 Å². The predicted molar refractivity (Wildman–Crippen MR) is 60.4 cm³/mol. The van der Waals surface area contributed by atoms with Crippen molar-refractivity contribution in [1.29, 1.82) is 0 Å². The fourth-order valence-corrected chi connectivity index (χ4v) is 1.43. The lowest BCUT2D eigenvalue weighted by Gasteiger charge is -2.06. The van der Waals surface area contributed by atoms with Crippen molar-refractivity contribution in [2.75, 3.05) is 5.32 Å². The second kappa shape index (κ2) is 4.36. The van der Waals surface area contributed by atoms with Crippen LogP contribution in [0.15, 0.2) is 23.3 Å². The molecule has 0 aliphatic carbocycles. The van der Waals surface area contributed by atoms with E-state index in [9.17, 15) is 4.79 Å². The third kappa shape index (κ3) is 2.06. The number of nitrogens with zero attached hydrogens (tertiary/aromatic N) is 3. The van der Waals surface area contributed by atoms with E-state index in [-0.39, 0.29) is 5.02 Å². The van der Waals surface area contributed by atoms with Crippen LogP contribution in [-0.2, 0) is 13.6 Å². The molecule has 2 aromatic heterocycles. The summed E-state index contributed by atoms with van der Waals surface area (Å²) in [7, 11) is 1.84. The van der Waals surface area contributed by atoms with Crippen LogP contribution in [0.2, 0.25) is 5.02 Å². The monoisotopic (exact) mass is 239 g/mol. The molecule has 0 unspecified atom stereocenters. The van der Waals surface area contributed by atoms with Gasteiger partial charge in [-0.05, 0) is 6.07 Å². The molecule has 6 nitrogen and oxygen atoms in total. The number of rotatable bonds is 3. The molecule has 0 saturated heterocycles. The molecule has 0 aliphatic rings. The lowest BCUT2D eigenvalue weighted by atomic mass is 10.4. The minimum atomic E-state index is -0.406. The summed E-state index contributed by atoms with van der Waals surface area (Å²) >= 11 is 5.80. The first-order valence-electron chi connectivity index (χ1n) is 4.62. The van der Waals surface area contributed by atoms with Crippen LogP contribution in [-0.4, -0.2) is 20.0 Å². The van der Waals surface area contributed by atoms with Gasteiger partial charge in [-0.3, -0.25) is 9.48 Å². The number of aromatic amines is 1. The van der Waals surface area contributed by atoms with Crippen LogP contribution in [0.25, 0.3) is 0 Å². The van der Waals surface area contributed by atoms with Crippen LogP contribution in [0.1, 0.15) is 5.69 Å². The third-order valence-corrected chi connectivity index (χ3v) is 2.55. The third-order valence-electron chi connectivity index (χ3n) is 2.18. The van der Waals surface area contributed by atoms with Gasteiger partial charge in [-0.1, -0.05) is 11.6 Å². The fraction of sp³-hybridized carbons (Fsp3) is 0.222. The Morgan fingerprint density at radius 2 is 2.44 bits per heavy atom. The van der Waals surface area contributed by atoms with Crippen LogP contribution in [0.5, 0.6) is 0 Å². The highest BCUT2D eigenvalue weighted by Gasteiger charge is 2.05. The molecule has 0 saturated carbocycles. The molecule has 0 bridgehead atoms. The Morgan fingerprint density at radius 1 is 1.62 bits per heavy atom. The number of aromatic nitrogens is 4. The summed E-state index contributed by atoms with van der Waals surface area (Å²) in [5.41, 5.74) is 1.08. The van der Waals surface area contributed by atoms with Crippen molar-refractivity contribution in [3.8, 4) is 0 Å². The van der Waals surface area contributed by atoms with E-state index in [2.05, 4.69) is 20.6 Å². The standard InChI is InChI=1S/C9H10ClN5O/c1-15-6(2-3-13-15)4-11-7-5-12-14-9(16)8(7)10/h2-3,5H,4H2,1H3,(H2,11,14,16). The molecule has 7 heteroatoms. The first kappa shape index (κ1) is 10.7. The molecule has 2 N–H and O–H groups in total. The van der Waals surface area contributed by atoms with Crippen molar-refractivity contribution in [2.45, 2.75) is 6.54 Å². The summed E-state index contributed by atoms with van der Waals surface area (Å²) in [4.78, 5) is 11.2. The van der Waals surface area contributed by atoms with E-state index in [0.29, 0.717) is 12.2 Å². The SMILES string of the molecule is Cn1nccc1CNc1cn[nH]c(=O)c1Cl. The van der Waals surface area contributed by atoms with Crippen molar-refractivity contribution in [1.82, 2.24) is 20.0 Å². The molecule has 0 radical (unpaired) electrons. The predicted octanol–water partition coefficient (Wildman–Crippen LogP) is 0.769. The smallest absolute Gasteiger partial charge is 0.285 e. The minimum Gasteiger partial charge on any atom is -0.377 e. The Morgan fingerprint density at radius 3 is 3.12 bits per heavy atom. The van der Waals surface area contributed by atoms with Gasteiger partial charge in [0.1, 0.15) is 5.02 Å².